The number of aromatic nitrogens is 2. The van der Waals surface area contributed by atoms with Gasteiger partial charge in [0, 0.05) is 31.7 Å². The Balaban J connectivity index is 2.16. The van der Waals surface area contributed by atoms with E-state index in [9.17, 15) is 13.2 Å². The van der Waals surface area contributed by atoms with Crippen LogP contribution in [0.4, 0.5) is 24.8 Å². The van der Waals surface area contributed by atoms with Crippen LogP contribution in [-0.2, 0) is 17.5 Å². The number of methoxy groups -OCH3 is 1. The monoisotopic (exact) mass is 285 g/mol. The van der Waals surface area contributed by atoms with Crippen molar-refractivity contribution < 1.29 is 17.9 Å². The minimum Gasteiger partial charge on any atom is -0.383 e. The first kappa shape index (κ1) is 14.4. The van der Waals surface area contributed by atoms with Crippen LogP contribution in [-0.4, -0.2) is 23.3 Å². The molecule has 1 aromatic heterocycles. The lowest BCUT2D eigenvalue weighted by Crippen LogP contribution is -2.08. The van der Waals surface area contributed by atoms with Crippen molar-refractivity contribution in [3.05, 3.63) is 42.2 Å². The molecule has 0 aliphatic rings. The Morgan fingerprint density at radius 3 is 2.85 bits per heavy atom. The summed E-state index contributed by atoms with van der Waals surface area (Å²) in [5.74, 6) is 0.473. The lowest BCUT2D eigenvalue weighted by molar-refractivity contribution is -0.137. The van der Waals surface area contributed by atoms with E-state index in [4.69, 9.17) is 4.74 Å². The summed E-state index contributed by atoms with van der Waals surface area (Å²) in [6, 6.07) is 5.00. The van der Waals surface area contributed by atoms with Crippen molar-refractivity contribution in [2.24, 2.45) is 0 Å². The van der Waals surface area contributed by atoms with Crippen LogP contribution in [0.15, 0.2) is 36.7 Å². The third-order valence-corrected chi connectivity index (χ3v) is 2.70. The first-order chi connectivity index (χ1) is 9.50. The quantitative estimate of drug-likeness (QED) is 0.916. The molecule has 4 nitrogen and oxygen atoms in total. The molecule has 0 aliphatic heterocycles. The highest BCUT2D eigenvalue weighted by molar-refractivity contribution is 5.55. The Kier molecular flexibility index (Phi) is 4.29. The average Bonchev–Trinajstić information content (AvgIpc) is 2.83. The maximum atomic E-state index is 12.6. The average molecular weight is 285 g/mol. The summed E-state index contributed by atoms with van der Waals surface area (Å²) in [4.78, 5) is 4.07. The highest BCUT2D eigenvalue weighted by atomic mass is 19.4. The molecule has 0 radical (unpaired) electrons. The predicted octanol–water partition coefficient (Wildman–Crippen LogP) is 3.29. The third-order valence-electron chi connectivity index (χ3n) is 2.70. The summed E-state index contributed by atoms with van der Waals surface area (Å²) in [7, 11) is 1.58. The normalized spacial score (nSPS) is 11.6. The molecule has 0 aliphatic carbocycles. The van der Waals surface area contributed by atoms with Crippen LogP contribution >= 0.6 is 0 Å². The van der Waals surface area contributed by atoms with E-state index in [1.54, 1.807) is 30.1 Å². The Hall–Kier alpha value is -2.02. The number of rotatable bonds is 5. The maximum absolute atomic E-state index is 12.6. The molecule has 0 saturated heterocycles. The molecule has 2 aromatic rings. The molecule has 20 heavy (non-hydrogen) atoms. The van der Waals surface area contributed by atoms with Crippen molar-refractivity contribution in [1.29, 1.82) is 0 Å². The molecule has 0 spiro atoms. The van der Waals surface area contributed by atoms with Crippen LogP contribution < -0.4 is 5.32 Å². The summed E-state index contributed by atoms with van der Waals surface area (Å²) in [6.45, 7) is 1.06. The van der Waals surface area contributed by atoms with Crippen LogP contribution in [0, 0.1) is 0 Å². The summed E-state index contributed by atoms with van der Waals surface area (Å²) in [5, 5.41) is 2.87. The fourth-order valence-corrected chi connectivity index (χ4v) is 1.71. The van der Waals surface area contributed by atoms with Crippen molar-refractivity contribution >= 4 is 11.6 Å². The van der Waals surface area contributed by atoms with Gasteiger partial charge in [-0.25, -0.2) is 4.98 Å². The largest absolute Gasteiger partial charge is 0.416 e. The molecule has 108 valence electrons. The zero-order valence-electron chi connectivity index (χ0n) is 10.8. The number of nitrogens with zero attached hydrogens (tertiary/aromatic N) is 2. The van der Waals surface area contributed by atoms with Gasteiger partial charge in [0.15, 0.2) is 0 Å². The maximum Gasteiger partial charge on any atom is 0.416 e. The highest BCUT2D eigenvalue weighted by Crippen LogP contribution is 2.31. The SMILES string of the molecule is COCCn1ccnc1Nc1cccc(C(F)(F)F)c1. The van der Waals surface area contributed by atoms with Gasteiger partial charge in [-0.2, -0.15) is 13.2 Å². The molecule has 0 saturated carbocycles. The van der Waals surface area contributed by atoms with Gasteiger partial charge in [0.2, 0.25) is 5.95 Å². The van der Waals surface area contributed by atoms with Gasteiger partial charge in [-0.15, -0.1) is 0 Å². The number of ether oxygens (including phenoxy) is 1. The Bertz CT molecular complexity index is 566. The predicted molar refractivity (Wildman–Crippen MR) is 68.8 cm³/mol. The van der Waals surface area contributed by atoms with E-state index >= 15 is 0 Å². The molecule has 1 N–H and O–H groups in total. The van der Waals surface area contributed by atoms with Crippen LogP contribution in [0.5, 0.6) is 0 Å². The lowest BCUT2D eigenvalue weighted by Gasteiger charge is -2.11. The highest BCUT2D eigenvalue weighted by Gasteiger charge is 2.30. The molecule has 1 aromatic carbocycles. The number of benzene rings is 1. The van der Waals surface area contributed by atoms with Gasteiger partial charge in [-0.05, 0) is 18.2 Å². The zero-order chi connectivity index (χ0) is 14.6. The summed E-state index contributed by atoms with van der Waals surface area (Å²) < 4.78 is 44.6. The minimum atomic E-state index is -4.36. The van der Waals surface area contributed by atoms with E-state index < -0.39 is 11.7 Å². The Morgan fingerprint density at radius 1 is 1.35 bits per heavy atom. The van der Waals surface area contributed by atoms with E-state index in [2.05, 4.69) is 10.3 Å². The van der Waals surface area contributed by atoms with Crippen LogP contribution in [0.1, 0.15) is 5.56 Å². The summed E-state index contributed by atoms with van der Waals surface area (Å²) >= 11 is 0. The van der Waals surface area contributed by atoms with E-state index in [1.165, 1.54) is 6.07 Å². The Morgan fingerprint density at radius 2 is 2.15 bits per heavy atom. The van der Waals surface area contributed by atoms with Crippen LogP contribution in [0.3, 0.4) is 0 Å². The number of hydrogen-bond acceptors (Lipinski definition) is 3. The molecule has 2 rings (SSSR count). The minimum absolute atomic E-state index is 0.338. The van der Waals surface area contributed by atoms with E-state index in [1.807, 2.05) is 0 Å². The van der Waals surface area contributed by atoms with Crippen LogP contribution in [0.2, 0.25) is 0 Å². The van der Waals surface area contributed by atoms with Crippen molar-refractivity contribution in [3.8, 4) is 0 Å². The van der Waals surface area contributed by atoms with Gasteiger partial charge in [-0.3, -0.25) is 0 Å². The number of nitrogens with one attached hydrogen (secondary N) is 1. The molecular formula is C13H14F3N3O. The molecular weight excluding hydrogens is 271 g/mol. The molecule has 0 bridgehead atoms. The summed E-state index contributed by atoms with van der Waals surface area (Å²) in [5.41, 5.74) is -0.359. The number of alkyl halides is 3. The van der Waals surface area contributed by atoms with Crippen molar-refractivity contribution in [2.75, 3.05) is 19.0 Å². The first-order valence-corrected chi connectivity index (χ1v) is 5.95. The smallest absolute Gasteiger partial charge is 0.383 e. The number of hydrogen-bond donors (Lipinski definition) is 1. The van der Waals surface area contributed by atoms with Crippen molar-refractivity contribution in [1.82, 2.24) is 9.55 Å². The zero-order valence-corrected chi connectivity index (χ0v) is 10.8. The lowest BCUT2D eigenvalue weighted by atomic mass is 10.2. The number of halogens is 3. The van der Waals surface area contributed by atoms with E-state index in [0.717, 1.165) is 12.1 Å². The molecule has 7 heteroatoms. The molecule has 0 fully saturated rings. The molecule has 0 amide bonds. The van der Waals surface area contributed by atoms with Gasteiger partial charge in [0.1, 0.15) is 0 Å². The number of anilines is 2. The number of imidazole rings is 1. The fraction of sp³-hybridized carbons (Fsp3) is 0.308. The third kappa shape index (κ3) is 3.51. The second-order valence-corrected chi connectivity index (χ2v) is 4.14. The summed E-state index contributed by atoms with van der Waals surface area (Å²) in [6.07, 6.45) is -1.05. The van der Waals surface area contributed by atoms with Gasteiger partial charge >= 0.3 is 6.18 Å². The van der Waals surface area contributed by atoms with Gasteiger partial charge in [-0.1, -0.05) is 6.07 Å². The van der Waals surface area contributed by atoms with Gasteiger partial charge < -0.3 is 14.6 Å². The van der Waals surface area contributed by atoms with Crippen LogP contribution in [0.25, 0.3) is 0 Å². The fourth-order valence-electron chi connectivity index (χ4n) is 1.71. The topological polar surface area (TPSA) is 39.1 Å². The van der Waals surface area contributed by atoms with Gasteiger partial charge in [0.05, 0.1) is 12.2 Å². The van der Waals surface area contributed by atoms with E-state index in [-0.39, 0.29) is 0 Å². The van der Waals surface area contributed by atoms with E-state index in [0.29, 0.717) is 24.8 Å². The van der Waals surface area contributed by atoms with Crippen molar-refractivity contribution in [3.63, 3.8) is 0 Å². The van der Waals surface area contributed by atoms with Gasteiger partial charge in [0.25, 0.3) is 0 Å². The second kappa shape index (κ2) is 5.96. The Labute approximate surface area is 114 Å². The second-order valence-electron chi connectivity index (χ2n) is 4.14. The molecule has 0 unspecified atom stereocenters. The first-order valence-electron chi connectivity index (χ1n) is 5.95. The molecule has 0 atom stereocenters. The standard InChI is InChI=1S/C13H14F3N3O/c1-20-8-7-19-6-5-17-12(19)18-11-4-2-3-10(9-11)13(14,15)16/h2-6,9H,7-8H2,1H3,(H,17,18). The molecule has 1 heterocycles. The van der Waals surface area contributed by atoms with Crippen molar-refractivity contribution in [2.45, 2.75) is 12.7 Å².